The Labute approximate surface area is 134 Å². The minimum Gasteiger partial charge on any atom is -0.488 e. The minimum absolute atomic E-state index is 0.0135. The maximum atomic E-state index is 12.2. The third kappa shape index (κ3) is 3.84. The first-order chi connectivity index (χ1) is 11.1. The second-order valence-corrected chi connectivity index (χ2v) is 5.86. The highest BCUT2D eigenvalue weighted by Gasteiger charge is 2.29. The molecule has 2 aromatic heterocycles. The Hall–Kier alpha value is -2.48. The zero-order valence-electron chi connectivity index (χ0n) is 13.3. The molecule has 23 heavy (non-hydrogen) atoms. The van der Waals surface area contributed by atoms with Crippen LogP contribution in [-0.4, -0.2) is 69.4 Å². The molecule has 8 nitrogen and oxygen atoms in total. The van der Waals surface area contributed by atoms with E-state index in [0.717, 1.165) is 24.4 Å². The van der Waals surface area contributed by atoms with E-state index in [1.54, 1.807) is 11.1 Å². The molecule has 3 heterocycles. The predicted octanol–water partition coefficient (Wildman–Crippen LogP) is 0.555. The number of nitrogens with zero attached hydrogens (tertiary/aromatic N) is 5. The molecule has 0 aliphatic carbocycles. The third-order valence-electron chi connectivity index (χ3n) is 3.64. The predicted molar refractivity (Wildman–Crippen MR) is 82.9 cm³/mol. The number of likely N-dealkylation sites (tertiary alicyclic amines) is 1. The van der Waals surface area contributed by atoms with Crippen molar-refractivity contribution in [2.24, 2.45) is 0 Å². The van der Waals surface area contributed by atoms with Gasteiger partial charge in [0.25, 0.3) is 5.91 Å². The van der Waals surface area contributed by atoms with E-state index < -0.39 is 0 Å². The molecule has 8 heteroatoms. The van der Waals surface area contributed by atoms with Crippen LogP contribution in [0.15, 0.2) is 24.5 Å². The number of aromatic amines is 1. The van der Waals surface area contributed by atoms with E-state index in [9.17, 15) is 4.79 Å². The number of nitrogens with one attached hydrogen (secondary N) is 1. The smallest absolute Gasteiger partial charge is 0.276 e. The summed E-state index contributed by atoms with van der Waals surface area (Å²) in [6.45, 7) is 1.97. The maximum absolute atomic E-state index is 12.2. The summed E-state index contributed by atoms with van der Waals surface area (Å²) >= 11 is 0. The molecule has 1 saturated heterocycles. The number of carbonyl (C=O) groups excluding carboxylic acids is 1. The van der Waals surface area contributed by atoms with Crippen molar-refractivity contribution in [2.75, 3.05) is 27.2 Å². The van der Waals surface area contributed by atoms with E-state index in [0.29, 0.717) is 18.8 Å². The normalized spacial score (nSPS) is 17.7. The molecule has 1 aliphatic rings. The molecule has 1 amide bonds. The lowest BCUT2D eigenvalue weighted by Crippen LogP contribution is -2.31. The Morgan fingerprint density at radius 1 is 1.52 bits per heavy atom. The molecular weight excluding hydrogens is 296 g/mol. The molecule has 122 valence electrons. The summed E-state index contributed by atoms with van der Waals surface area (Å²) in [4.78, 5) is 20.3. The third-order valence-corrected chi connectivity index (χ3v) is 3.64. The van der Waals surface area contributed by atoms with Gasteiger partial charge in [-0.25, -0.2) is 0 Å². The Morgan fingerprint density at radius 3 is 3.13 bits per heavy atom. The first kappa shape index (κ1) is 15.4. The molecule has 2 aromatic rings. The van der Waals surface area contributed by atoms with Gasteiger partial charge < -0.3 is 14.5 Å². The van der Waals surface area contributed by atoms with Gasteiger partial charge in [0, 0.05) is 31.8 Å². The van der Waals surface area contributed by atoms with Crippen LogP contribution < -0.4 is 4.74 Å². The van der Waals surface area contributed by atoms with Crippen LogP contribution >= 0.6 is 0 Å². The van der Waals surface area contributed by atoms with Gasteiger partial charge in [-0.15, -0.1) is 0 Å². The molecular formula is C15H20N6O2. The van der Waals surface area contributed by atoms with Gasteiger partial charge in [-0.1, -0.05) is 0 Å². The summed E-state index contributed by atoms with van der Waals surface area (Å²) in [6.07, 6.45) is 3.98. The van der Waals surface area contributed by atoms with Gasteiger partial charge in [-0.3, -0.25) is 9.78 Å². The van der Waals surface area contributed by atoms with Crippen LogP contribution in [0.1, 0.15) is 22.6 Å². The lowest BCUT2D eigenvalue weighted by atomic mass is 10.3. The molecule has 1 aliphatic heterocycles. The molecule has 1 atom stereocenters. The molecule has 1 unspecified atom stereocenters. The molecule has 1 fully saturated rings. The SMILES string of the molecule is CN(C)Cc1cc(OC2CCN(C(=O)c3cn[nH]n3)C2)ccn1. The highest BCUT2D eigenvalue weighted by atomic mass is 16.5. The number of H-pyrrole nitrogens is 1. The van der Waals surface area contributed by atoms with Crippen LogP contribution in [0.3, 0.4) is 0 Å². The average molecular weight is 316 g/mol. The largest absolute Gasteiger partial charge is 0.488 e. The van der Waals surface area contributed by atoms with Crippen molar-refractivity contribution in [3.63, 3.8) is 0 Å². The van der Waals surface area contributed by atoms with Gasteiger partial charge >= 0.3 is 0 Å². The van der Waals surface area contributed by atoms with E-state index in [-0.39, 0.29) is 12.0 Å². The van der Waals surface area contributed by atoms with E-state index in [2.05, 4.69) is 25.3 Å². The fourth-order valence-electron chi connectivity index (χ4n) is 2.61. The highest BCUT2D eigenvalue weighted by Crippen LogP contribution is 2.20. The van der Waals surface area contributed by atoms with Gasteiger partial charge in [0.1, 0.15) is 11.9 Å². The van der Waals surface area contributed by atoms with Crippen LogP contribution in [0, 0.1) is 0 Å². The molecule has 0 radical (unpaired) electrons. The van der Waals surface area contributed by atoms with Gasteiger partial charge in [0.2, 0.25) is 0 Å². The summed E-state index contributed by atoms with van der Waals surface area (Å²) in [5.41, 5.74) is 1.30. The number of pyridine rings is 1. The van der Waals surface area contributed by atoms with Crippen LogP contribution in [0.2, 0.25) is 0 Å². The molecule has 0 spiro atoms. The molecule has 0 bridgehead atoms. The van der Waals surface area contributed by atoms with Crippen molar-refractivity contribution in [3.8, 4) is 5.75 Å². The number of amides is 1. The summed E-state index contributed by atoms with van der Waals surface area (Å²) < 4.78 is 6.00. The first-order valence-electron chi connectivity index (χ1n) is 7.53. The van der Waals surface area contributed by atoms with Gasteiger partial charge in [-0.2, -0.15) is 15.4 Å². The molecule has 0 saturated carbocycles. The number of hydrogen-bond acceptors (Lipinski definition) is 6. The van der Waals surface area contributed by atoms with E-state index in [1.807, 2.05) is 26.2 Å². The number of rotatable bonds is 5. The molecule has 1 N–H and O–H groups in total. The first-order valence-corrected chi connectivity index (χ1v) is 7.53. The van der Waals surface area contributed by atoms with E-state index >= 15 is 0 Å². The van der Waals surface area contributed by atoms with Crippen LogP contribution in [0.5, 0.6) is 5.75 Å². The number of hydrogen-bond donors (Lipinski definition) is 1. The highest BCUT2D eigenvalue weighted by molar-refractivity contribution is 5.92. The zero-order chi connectivity index (χ0) is 16.2. The summed E-state index contributed by atoms with van der Waals surface area (Å²) in [6, 6.07) is 3.80. The fraction of sp³-hybridized carbons (Fsp3) is 0.467. The van der Waals surface area contributed by atoms with Crippen molar-refractivity contribution < 1.29 is 9.53 Å². The van der Waals surface area contributed by atoms with Crippen molar-refractivity contribution in [3.05, 3.63) is 35.9 Å². The van der Waals surface area contributed by atoms with E-state index in [4.69, 9.17) is 4.74 Å². The minimum atomic E-state index is -0.118. The molecule has 3 rings (SSSR count). The average Bonchev–Trinajstić information content (AvgIpc) is 3.17. The summed E-state index contributed by atoms with van der Waals surface area (Å²) in [5.74, 6) is 0.672. The fourth-order valence-corrected chi connectivity index (χ4v) is 2.61. The second-order valence-electron chi connectivity index (χ2n) is 5.86. The number of aromatic nitrogens is 4. The van der Waals surface area contributed by atoms with Crippen LogP contribution in [-0.2, 0) is 6.54 Å². The second kappa shape index (κ2) is 6.74. The topological polar surface area (TPSA) is 87.2 Å². The lowest BCUT2D eigenvalue weighted by Gasteiger charge is -2.17. The zero-order valence-corrected chi connectivity index (χ0v) is 13.3. The molecule has 0 aromatic carbocycles. The Bertz CT molecular complexity index is 658. The number of carbonyl (C=O) groups is 1. The quantitative estimate of drug-likeness (QED) is 0.867. The Kier molecular flexibility index (Phi) is 4.52. The number of ether oxygens (including phenoxy) is 1. The monoisotopic (exact) mass is 316 g/mol. The van der Waals surface area contributed by atoms with Crippen molar-refractivity contribution in [1.82, 2.24) is 30.2 Å². The Morgan fingerprint density at radius 2 is 2.39 bits per heavy atom. The van der Waals surface area contributed by atoms with E-state index in [1.165, 1.54) is 6.20 Å². The van der Waals surface area contributed by atoms with Crippen LogP contribution in [0.4, 0.5) is 0 Å². The van der Waals surface area contributed by atoms with Gasteiger partial charge in [-0.05, 0) is 20.2 Å². The van der Waals surface area contributed by atoms with Crippen molar-refractivity contribution in [2.45, 2.75) is 19.1 Å². The Balaban J connectivity index is 1.59. The lowest BCUT2D eigenvalue weighted by molar-refractivity contribution is 0.0766. The standard InChI is InChI=1S/C15H20N6O2/c1-20(2)9-11-7-12(3-5-16-11)23-13-4-6-21(10-13)15(22)14-8-17-19-18-14/h3,5,7-8,13H,4,6,9-10H2,1-2H3,(H,17,18,19). The maximum Gasteiger partial charge on any atom is 0.276 e. The van der Waals surface area contributed by atoms with Gasteiger partial charge in [0.15, 0.2) is 5.69 Å². The summed E-state index contributed by atoms with van der Waals surface area (Å²) in [7, 11) is 4.00. The summed E-state index contributed by atoms with van der Waals surface area (Å²) in [5, 5.41) is 9.95. The van der Waals surface area contributed by atoms with Crippen LogP contribution in [0.25, 0.3) is 0 Å². The van der Waals surface area contributed by atoms with Crippen molar-refractivity contribution in [1.29, 1.82) is 0 Å². The van der Waals surface area contributed by atoms with Crippen molar-refractivity contribution >= 4 is 5.91 Å². The van der Waals surface area contributed by atoms with Gasteiger partial charge in [0.05, 0.1) is 18.4 Å².